The van der Waals surface area contributed by atoms with Crippen molar-refractivity contribution in [3.05, 3.63) is 36.0 Å². The summed E-state index contributed by atoms with van der Waals surface area (Å²) in [7, 11) is 0. The number of fused-ring (bicyclic) bond motifs is 1. The van der Waals surface area contributed by atoms with Gasteiger partial charge in [0.05, 0.1) is 5.52 Å². The quantitative estimate of drug-likeness (QED) is 0.859. The Balaban J connectivity index is 1.34. The molecule has 0 atom stereocenters. The monoisotopic (exact) mass is 339 g/mol. The molecule has 1 aliphatic carbocycles. The lowest BCUT2D eigenvalue weighted by Crippen LogP contribution is -2.54. The summed E-state index contributed by atoms with van der Waals surface area (Å²) < 4.78 is 5.84. The maximum absolute atomic E-state index is 12.5. The van der Waals surface area contributed by atoms with E-state index in [-0.39, 0.29) is 12.5 Å². The topological polar surface area (TPSA) is 45.7 Å². The molecule has 1 saturated carbocycles. The molecule has 1 aromatic carbocycles. The molecule has 132 valence electrons. The number of piperazine rings is 1. The summed E-state index contributed by atoms with van der Waals surface area (Å²) in [4.78, 5) is 21.3. The third-order valence-electron chi connectivity index (χ3n) is 5.47. The Morgan fingerprint density at radius 3 is 2.72 bits per heavy atom. The van der Waals surface area contributed by atoms with E-state index in [0.717, 1.165) is 54.4 Å². The lowest BCUT2D eigenvalue weighted by atomic mass is 9.91. The van der Waals surface area contributed by atoms with E-state index in [4.69, 9.17) is 4.74 Å². The van der Waals surface area contributed by atoms with E-state index in [9.17, 15) is 4.79 Å². The molecule has 0 unspecified atom stereocenters. The van der Waals surface area contributed by atoms with Gasteiger partial charge in [0.25, 0.3) is 5.91 Å². The molecule has 5 nitrogen and oxygen atoms in total. The van der Waals surface area contributed by atoms with Crippen LogP contribution in [-0.4, -0.2) is 59.5 Å². The Morgan fingerprint density at radius 1 is 1.20 bits per heavy atom. The van der Waals surface area contributed by atoms with Gasteiger partial charge in [-0.25, -0.2) is 0 Å². The van der Waals surface area contributed by atoms with Crippen molar-refractivity contribution < 1.29 is 9.53 Å². The fourth-order valence-corrected chi connectivity index (χ4v) is 3.68. The smallest absolute Gasteiger partial charge is 0.260 e. The summed E-state index contributed by atoms with van der Waals surface area (Å²) >= 11 is 0. The van der Waals surface area contributed by atoms with Gasteiger partial charge in [0.2, 0.25) is 0 Å². The minimum atomic E-state index is 0.0744. The zero-order valence-corrected chi connectivity index (χ0v) is 14.8. The van der Waals surface area contributed by atoms with Gasteiger partial charge in [-0.1, -0.05) is 12.5 Å². The Bertz CT molecular complexity index is 765. The van der Waals surface area contributed by atoms with Gasteiger partial charge < -0.3 is 9.64 Å². The standard InChI is InChI=1S/C20H25N3O2/c1-15-5-6-17-18(13-15)21-8-7-19(17)25-14-20(24)23-11-9-22(10-12-23)16-3-2-4-16/h5-8,13,16H,2-4,9-12,14H2,1H3. The molecule has 1 aromatic heterocycles. The molecular formula is C20H25N3O2. The highest BCUT2D eigenvalue weighted by molar-refractivity contribution is 5.86. The first-order valence-electron chi connectivity index (χ1n) is 9.21. The summed E-state index contributed by atoms with van der Waals surface area (Å²) in [6, 6.07) is 8.68. The van der Waals surface area contributed by atoms with Crippen LogP contribution in [0.4, 0.5) is 0 Å². The summed E-state index contributed by atoms with van der Waals surface area (Å²) in [5.74, 6) is 0.803. The third kappa shape index (κ3) is 3.47. The van der Waals surface area contributed by atoms with Gasteiger partial charge in [0, 0.05) is 43.8 Å². The third-order valence-corrected chi connectivity index (χ3v) is 5.47. The van der Waals surface area contributed by atoms with Crippen LogP contribution in [0.2, 0.25) is 0 Å². The fraction of sp³-hybridized carbons (Fsp3) is 0.500. The van der Waals surface area contributed by atoms with Crippen LogP contribution in [0.3, 0.4) is 0 Å². The Labute approximate surface area is 148 Å². The predicted octanol–water partition coefficient (Wildman–Crippen LogP) is 2.62. The molecule has 0 N–H and O–H groups in total. The second kappa shape index (κ2) is 7.00. The first kappa shape index (κ1) is 16.3. The Kier molecular flexibility index (Phi) is 4.57. The molecule has 4 rings (SSSR count). The molecule has 25 heavy (non-hydrogen) atoms. The number of carbonyl (C=O) groups excluding carboxylic acids is 1. The van der Waals surface area contributed by atoms with Gasteiger partial charge in [0.15, 0.2) is 6.61 Å². The molecule has 2 aliphatic rings. The predicted molar refractivity (Wildman–Crippen MR) is 97.8 cm³/mol. The zero-order valence-electron chi connectivity index (χ0n) is 14.8. The number of rotatable bonds is 4. The first-order valence-corrected chi connectivity index (χ1v) is 9.21. The molecule has 2 fully saturated rings. The molecule has 1 saturated heterocycles. The fourth-order valence-electron chi connectivity index (χ4n) is 3.68. The summed E-state index contributed by atoms with van der Waals surface area (Å²) in [6.07, 6.45) is 5.74. The van der Waals surface area contributed by atoms with Crippen LogP contribution in [0, 0.1) is 6.92 Å². The number of aromatic nitrogens is 1. The van der Waals surface area contributed by atoms with E-state index in [1.807, 2.05) is 36.1 Å². The number of hydrogen-bond donors (Lipinski definition) is 0. The van der Waals surface area contributed by atoms with Crippen LogP contribution in [0.15, 0.2) is 30.5 Å². The van der Waals surface area contributed by atoms with E-state index < -0.39 is 0 Å². The molecule has 1 amide bonds. The van der Waals surface area contributed by atoms with Gasteiger partial charge in [-0.05, 0) is 43.5 Å². The number of aryl methyl sites for hydroxylation is 1. The number of pyridine rings is 1. The summed E-state index contributed by atoms with van der Waals surface area (Å²) in [5, 5.41) is 0.954. The van der Waals surface area contributed by atoms with Crippen molar-refractivity contribution in [2.24, 2.45) is 0 Å². The van der Waals surface area contributed by atoms with Gasteiger partial charge in [-0.3, -0.25) is 14.7 Å². The lowest BCUT2D eigenvalue weighted by Gasteiger charge is -2.42. The number of carbonyl (C=O) groups is 1. The summed E-state index contributed by atoms with van der Waals surface area (Å²) in [5.41, 5.74) is 2.07. The normalized spacial score (nSPS) is 19.0. The van der Waals surface area contributed by atoms with Crippen LogP contribution in [-0.2, 0) is 4.79 Å². The van der Waals surface area contributed by atoms with Gasteiger partial charge in [-0.2, -0.15) is 0 Å². The van der Waals surface area contributed by atoms with Crippen molar-refractivity contribution in [2.45, 2.75) is 32.2 Å². The van der Waals surface area contributed by atoms with Crippen molar-refractivity contribution in [1.82, 2.24) is 14.8 Å². The van der Waals surface area contributed by atoms with Crippen LogP contribution in [0.25, 0.3) is 10.9 Å². The van der Waals surface area contributed by atoms with Gasteiger partial charge >= 0.3 is 0 Å². The van der Waals surface area contributed by atoms with Crippen LogP contribution in [0.1, 0.15) is 24.8 Å². The average Bonchev–Trinajstić information content (AvgIpc) is 2.58. The molecule has 0 bridgehead atoms. The van der Waals surface area contributed by atoms with E-state index in [1.54, 1.807) is 6.20 Å². The largest absolute Gasteiger partial charge is 0.483 e. The minimum absolute atomic E-state index is 0.0744. The second-order valence-electron chi connectivity index (χ2n) is 7.12. The minimum Gasteiger partial charge on any atom is -0.483 e. The van der Waals surface area contributed by atoms with Crippen LogP contribution >= 0.6 is 0 Å². The highest BCUT2D eigenvalue weighted by Crippen LogP contribution is 2.26. The number of benzene rings is 1. The van der Waals surface area contributed by atoms with Crippen molar-refractivity contribution in [1.29, 1.82) is 0 Å². The SMILES string of the molecule is Cc1ccc2c(OCC(=O)N3CCN(C4CCC4)CC3)ccnc2c1. The first-order chi connectivity index (χ1) is 12.2. The van der Waals surface area contributed by atoms with Crippen molar-refractivity contribution in [2.75, 3.05) is 32.8 Å². The van der Waals surface area contributed by atoms with E-state index >= 15 is 0 Å². The second-order valence-corrected chi connectivity index (χ2v) is 7.12. The Morgan fingerprint density at radius 2 is 2.00 bits per heavy atom. The molecule has 2 heterocycles. The molecule has 2 aromatic rings. The van der Waals surface area contributed by atoms with Crippen molar-refractivity contribution in [3.8, 4) is 5.75 Å². The molecule has 1 aliphatic heterocycles. The van der Waals surface area contributed by atoms with Gasteiger partial charge in [-0.15, -0.1) is 0 Å². The molecular weight excluding hydrogens is 314 g/mol. The van der Waals surface area contributed by atoms with Crippen molar-refractivity contribution >= 4 is 16.8 Å². The average molecular weight is 339 g/mol. The lowest BCUT2D eigenvalue weighted by molar-refractivity contribution is -0.135. The van der Waals surface area contributed by atoms with Crippen LogP contribution in [0.5, 0.6) is 5.75 Å². The zero-order chi connectivity index (χ0) is 17.2. The Hall–Kier alpha value is -2.14. The van der Waals surface area contributed by atoms with E-state index in [0.29, 0.717) is 0 Å². The molecule has 0 spiro atoms. The number of hydrogen-bond acceptors (Lipinski definition) is 4. The number of nitrogens with zero attached hydrogens (tertiary/aromatic N) is 3. The highest BCUT2D eigenvalue weighted by Gasteiger charge is 2.29. The van der Waals surface area contributed by atoms with E-state index in [1.165, 1.54) is 19.3 Å². The van der Waals surface area contributed by atoms with E-state index in [2.05, 4.69) is 9.88 Å². The maximum Gasteiger partial charge on any atom is 0.260 e. The maximum atomic E-state index is 12.5. The number of amides is 1. The molecule has 0 radical (unpaired) electrons. The summed E-state index contributed by atoms with van der Waals surface area (Å²) in [6.45, 7) is 5.75. The van der Waals surface area contributed by atoms with Crippen molar-refractivity contribution in [3.63, 3.8) is 0 Å². The van der Waals surface area contributed by atoms with Crippen LogP contribution < -0.4 is 4.74 Å². The highest BCUT2D eigenvalue weighted by atomic mass is 16.5. The van der Waals surface area contributed by atoms with Gasteiger partial charge in [0.1, 0.15) is 5.75 Å². The number of ether oxygens (including phenoxy) is 1. The molecule has 5 heteroatoms.